The second-order valence-electron chi connectivity index (χ2n) is 7.66. The Morgan fingerprint density at radius 1 is 1.21 bits per heavy atom. The van der Waals surface area contributed by atoms with Gasteiger partial charge in [0.2, 0.25) is 5.91 Å². The number of hydrogen-bond donors (Lipinski definition) is 1. The third-order valence-electron chi connectivity index (χ3n) is 5.87. The van der Waals surface area contributed by atoms with Crippen LogP contribution in [0.2, 0.25) is 0 Å². The van der Waals surface area contributed by atoms with Crippen LogP contribution >= 0.6 is 0 Å². The fraction of sp³-hybridized carbons (Fsp3) is 0.600. The molecule has 1 amide bonds. The van der Waals surface area contributed by atoms with Gasteiger partial charge in [-0.25, -0.2) is 5.43 Å². The number of Topliss-reactive ketones (excluding diaryl/α,β-unsaturated/α-hetero) is 1. The molecule has 1 N–H and O–H groups in total. The molecule has 2 atom stereocenters. The molecule has 1 aliphatic heterocycles. The molecule has 0 aromatic heterocycles. The largest absolute Gasteiger partial charge is 0.292 e. The van der Waals surface area contributed by atoms with E-state index in [1.165, 1.54) is 32.1 Å². The summed E-state index contributed by atoms with van der Waals surface area (Å²) in [6.07, 6.45) is 7.29. The maximum atomic E-state index is 13.0. The first-order valence-corrected chi connectivity index (χ1v) is 9.17. The quantitative estimate of drug-likeness (QED) is 0.841. The average molecular weight is 328 g/mol. The van der Waals surface area contributed by atoms with Crippen LogP contribution in [0.25, 0.3) is 0 Å². The highest BCUT2D eigenvalue weighted by atomic mass is 16.2. The molecular formula is C20H28N2O2. The lowest BCUT2D eigenvalue weighted by atomic mass is 9.72. The Hall–Kier alpha value is -1.68. The smallest absolute Gasteiger partial charge is 0.244 e. The molecule has 1 saturated carbocycles. The van der Waals surface area contributed by atoms with Gasteiger partial charge in [-0.2, -0.15) is 0 Å². The van der Waals surface area contributed by atoms with E-state index in [9.17, 15) is 9.59 Å². The van der Waals surface area contributed by atoms with Gasteiger partial charge < -0.3 is 0 Å². The van der Waals surface area contributed by atoms with E-state index in [2.05, 4.69) is 19.3 Å². The normalized spacial score (nSPS) is 28.3. The van der Waals surface area contributed by atoms with Crippen molar-refractivity contribution in [2.24, 2.45) is 11.3 Å². The summed E-state index contributed by atoms with van der Waals surface area (Å²) in [6.45, 7) is 4.23. The molecule has 0 spiro atoms. The zero-order chi connectivity index (χ0) is 17.2. The molecule has 2 unspecified atom stereocenters. The molecule has 2 aliphatic rings. The van der Waals surface area contributed by atoms with Gasteiger partial charge >= 0.3 is 0 Å². The molecule has 1 saturated heterocycles. The van der Waals surface area contributed by atoms with Crippen LogP contribution in [-0.2, 0) is 4.79 Å². The van der Waals surface area contributed by atoms with E-state index in [4.69, 9.17) is 0 Å². The van der Waals surface area contributed by atoms with Gasteiger partial charge in [-0.05, 0) is 26.2 Å². The standard InChI is InChI=1S/C20H28N2O2/c1-15-20(2,13-16-9-5-3-6-10-16)19(24)22(21-15)14-18(23)17-11-7-4-8-12-17/h4,7-8,11-12,15-16,21H,3,5-6,9-10,13-14H2,1-2H3. The first-order chi connectivity index (χ1) is 11.5. The highest BCUT2D eigenvalue weighted by molar-refractivity contribution is 6.00. The summed E-state index contributed by atoms with van der Waals surface area (Å²) in [5, 5.41) is 1.54. The lowest BCUT2D eigenvalue weighted by molar-refractivity contribution is -0.137. The molecule has 4 nitrogen and oxygen atoms in total. The molecule has 4 heteroatoms. The van der Waals surface area contributed by atoms with Gasteiger partial charge in [0.25, 0.3) is 0 Å². The first kappa shape index (κ1) is 17.2. The summed E-state index contributed by atoms with van der Waals surface area (Å²) in [5.74, 6) is 0.692. The Morgan fingerprint density at radius 2 is 1.88 bits per heavy atom. The number of rotatable bonds is 5. The number of carbonyl (C=O) groups excluding carboxylic acids is 2. The van der Waals surface area contributed by atoms with Crippen molar-refractivity contribution < 1.29 is 9.59 Å². The summed E-state index contributed by atoms with van der Waals surface area (Å²) >= 11 is 0. The van der Waals surface area contributed by atoms with E-state index in [-0.39, 0.29) is 24.3 Å². The van der Waals surface area contributed by atoms with Gasteiger partial charge in [0.1, 0.15) is 6.54 Å². The molecule has 1 aliphatic carbocycles. The topological polar surface area (TPSA) is 49.4 Å². The fourth-order valence-electron chi connectivity index (χ4n) is 4.16. The number of benzene rings is 1. The maximum absolute atomic E-state index is 13.0. The summed E-state index contributed by atoms with van der Waals surface area (Å²) in [6, 6.07) is 9.25. The number of nitrogens with one attached hydrogen (secondary N) is 1. The Kier molecular flexibility index (Phi) is 5.04. The maximum Gasteiger partial charge on any atom is 0.244 e. The Labute approximate surface area is 144 Å². The van der Waals surface area contributed by atoms with Crippen molar-refractivity contribution in [2.45, 2.75) is 58.4 Å². The minimum atomic E-state index is -0.404. The van der Waals surface area contributed by atoms with Gasteiger partial charge in [-0.15, -0.1) is 0 Å². The molecule has 1 heterocycles. The number of carbonyl (C=O) groups is 2. The van der Waals surface area contributed by atoms with Crippen molar-refractivity contribution in [3.05, 3.63) is 35.9 Å². The van der Waals surface area contributed by atoms with Crippen LogP contribution in [0.15, 0.2) is 30.3 Å². The Morgan fingerprint density at radius 3 is 2.54 bits per heavy atom. The van der Waals surface area contributed by atoms with Crippen molar-refractivity contribution in [3.8, 4) is 0 Å². The van der Waals surface area contributed by atoms with E-state index >= 15 is 0 Å². The number of hydrogen-bond acceptors (Lipinski definition) is 3. The van der Waals surface area contributed by atoms with Gasteiger partial charge in [-0.3, -0.25) is 14.6 Å². The van der Waals surface area contributed by atoms with Gasteiger partial charge in [0.15, 0.2) is 5.78 Å². The number of nitrogens with zero attached hydrogens (tertiary/aromatic N) is 1. The van der Waals surface area contributed by atoms with Crippen LogP contribution < -0.4 is 5.43 Å². The van der Waals surface area contributed by atoms with E-state index in [0.717, 1.165) is 6.42 Å². The molecule has 24 heavy (non-hydrogen) atoms. The highest BCUT2D eigenvalue weighted by Crippen LogP contribution is 2.40. The Balaban J connectivity index is 1.66. The molecule has 0 radical (unpaired) electrons. The molecule has 2 fully saturated rings. The number of amides is 1. The predicted octanol–water partition coefficient (Wildman–Crippen LogP) is 3.58. The van der Waals surface area contributed by atoms with Crippen LogP contribution in [0.1, 0.15) is 62.7 Å². The summed E-state index contributed by atoms with van der Waals surface area (Å²) in [7, 11) is 0. The minimum Gasteiger partial charge on any atom is -0.292 e. The third kappa shape index (κ3) is 3.39. The van der Waals surface area contributed by atoms with Gasteiger partial charge in [-0.1, -0.05) is 62.4 Å². The molecule has 1 aromatic carbocycles. The molecule has 3 rings (SSSR count). The SMILES string of the molecule is CC1NN(CC(=O)c2ccccc2)C(=O)C1(C)CC1CCCCC1. The van der Waals surface area contributed by atoms with Crippen molar-refractivity contribution >= 4 is 11.7 Å². The van der Waals surface area contributed by atoms with E-state index in [1.54, 1.807) is 17.1 Å². The Bertz CT molecular complexity index is 595. The van der Waals surface area contributed by atoms with E-state index in [0.29, 0.717) is 11.5 Å². The molecule has 0 bridgehead atoms. The lowest BCUT2D eigenvalue weighted by Gasteiger charge is -2.32. The molecule has 1 aromatic rings. The summed E-state index contributed by atoms with van der Waals surface area (Å²) < 4.78 is 0. The minimum absolute atomic E-state index is 0.0226. The van der Waals surface area contributed by atoms with Crippen molar-refractivity contribution in [1.29, 1.82) is 0 Å². The van der Waals surface area contributed by atoms with E-state index < -0.39 is 5.41 Å². The molecule has 130 valence electrons. The number of hydrazine groups is 1. The highest BCUT2D eigenvalue weighted by Gasteiger charge is 2.49. The first-order valence-electron chi connectivity index (χ1n) is 9.17. The van der Waals surface area contributed by atoms with Crippen molar-refractivity contribution in [1.82, 2.24) is 10.4 Å². The molecular weight excluding hydrogens is 300 g/mol. The van der Waals surface area contributed by atoms with Crippen LogP contribution in [0.4, 0.5) is 0 Å². The van der Waals surface area contributed by atoms with E-state index in [1.807, 2.05) is 18.2 Å². The summed E-state index contributed by atoms with van der Waals surface area (Å²) in [5.41, 5.74) is 3.50. The number of ketones is 1. The van der Waals surface area contributed by atoms with Gasteiger partial charge in [0, 0.05) is 11.6 Å². The predicted molar refractivity (Wildman–Crippen MR) is 94.4 cm³/mol. The van der Waals surface area contributed by atoms with Crippen LogP contribution in [-0.4, -0.2) is 29.3 Å². The van der Waals surface area contributed by atoms with Crippen LogP contribution in [0.3, 0.4) is 0 Å². The van der Waals surface area contributed by atoms with Crippen molar-refractivity contribution in [3.63, 3.8) is 0 Å². The van der Waals surface area contributed by atoms with Crippen LogP contribution in [0, 0.1) is 11.3 Å². The lowest BCUT2D eigenvalue weighted by Crippen LogP contribution is -2.40. The zero-order valence-corrected chi connectivity index (χ0v) is 14.8. The summed E-state index contributed by atoms with van der Waals surface area (Å²) in [4.78, 5) is 25.4. The monoisotopic (exact) mass is 328 g/mol. The van der Waals surface area contributed by atoms with Gasteiger partial charge in [0.05, 0.1) is 5.41 Å². The average Bonchev–Trinajstić information content (AvgIpc) is 2.80. The second kappa shape index (κ2) is 7.06. The van der Waals surface area contributed by atoms with Crippen molar-refractivity contribution in [2.75, 3.05) is 6.54 Å². The zero-order valence-electron chi connectivity index (χ0n) is 14.8. The van der Waals surface area contributed by atoms with Crippen LogP contribution in [0.5, 0.6) is 0 Å². The fourth-order valence-corrected chi connectivity index (χ4v) is 4.16. The second-order valence-corrected chi connectivity index (χ2v) is 7.66. The third-order valence-corrected chi connectivity index (χ3v) is 5.87.